The van der Waals surface area contributed by atoms with E-state index in [0.717, 1.165) is 0 Å². The van der Waals surface area contributed by atoms with Crippen LogP contribution in [0.25, 0.3) is 0 Å². The number of aromatic carboxylic acids is 1. The molecule has 0 radical (unpaired) electrons. The van der Waals surface area contributed by atoms with Gasteiger partial charge < -0.3 is 15.3 Å². The molecular weight excluding hydrogens is 258 g/mol. The predicted molar refractivity (Wildman–Crippen MR) is 73.4 cm³/mol. The van der Waals surface area contributed by atoms with E-state index in [1.807, 2.05) is 6.92 Å². The Labute approximate surface area is 117 Å². The molecule has 108 valence electrons. The molecule has 1 aliphatic rings. The zero-order chi connectivity index (χ0) is 14.7. The first-order valence-electron chi connectivity index (χ1n) is 6.68. The van der Waals surface area contributed by atoms with Gasteiger partial charge in [0.2, 0.25) is 0 Å². The molecule has 1 aliphatic carbocycles. The quantitative estimate of drug-likeness (QED) is 0.858. The summed E-state index contributed by atoms with van der Waals surface area (Å²) < 4.78 is 0. The molecule has 20 heavy (non-hydrogen) atoms. The Kier molecular flexibility index (Phi) is 4.22. The van der Waals surface area contributed by atoms with E-state index >= 15 is 0 Å². The molecule has 0 bridgehead atoms. The average molecular weight is 277 g/mol. The number of amides is 2. The van der Waals surface area contributed by atoms with E-state index in [9.17, 15) is 9.59 Å². The van der Waals surface area contributed by atoms with Crippen molar-refractivity contribution >= 4 is 12.0 Å². The summed E-state index contributed by atoms with van der Waals surface area (Å²) in [5.74, 6) is -0.390. The Bertz CT molecular complexity index is 514. The fraction of sp³-hybridized carbons (Fsp3) is 0.500. The molecule has 1 fully saturated rings. The summed E-state index contributed by atoms with van der Waals surface area (Å²) in [7, 11) is 1.78. The van der Waals surface area contributed by atoms with Gasteiger partial charge in [-0.3, -0.25) is 4.98 Å². The zero-order valence-electron chi connectivity index (χ0n) is 11.7. The second kappa shape index (κ2) is 5.90. The number of aromatic nitrogens is 1. The third kappa shape index (κ3) is 3.46. The lowest BCUT2D eigenvalue weighted by atomic mass is 10.2. The van der Waals surface area contributed by atoms with Gasteiger partial charge >= 0.3 is 12.0 Å². The van der Waals surface area contributed by atoms with Crippen LogP contribution in [0.1, 0.15) is 35.8 Å². The number of rotatable bonds is 5. The van der Waals surface area contributed by atoms with Gasteiger partial charge in [-0.2, -0.15) is 0 Å². The first-order chi connectivity index (χ1) is 9.49. The predicted octanol–water partition coefficient (Wildman–Crippen LogP) is 1.72. The number of carboxylic acid groups (broad SMARTS) is 1. The van der Waals surface area contributed by atoms with Crippen LogP contribution in [0, 0.1) is 5.92 Å². The van der Waals surface area contributed by atoms with Crippen molar-refractivity contribution < 1.29 is 14.7 Å². The van der Waals surface area contributed by atoms with E-state index in [1.54, 1.807) is 11.9 Å². The molecule has 1 heterocycles. The van der Waals surface area contributed by atoms with Crippen LogP contribution in [-0.2, 0) is 6.54 Å². The van der Waals surface area contributed by atoms with Crippen molar-refractivity contribution in [3.05, 3.63) is 29.6 Å². The van der Waals surface area contributed by atoms with E-state index in [4.69, 9.17) is 5.11 Å². The van der Waals surface area contributed by atoms with Gasteiger partial charge in [0, 0.05) is 19.3 Å². The molecule has 1 aromatic rings. The van der Waals surface area contributed by atoms with Gasteiger partial charge in [0.25, 0.3) is 0 Å². The lowest BCUT2D eigenvalue weighted by Crippen LogP contribution is -2.43. The third-order valence-corrected chi connectivity index (χ3v) is 3.72. The molecule has 0 aromatic carbocycles. The Morgan fingerprint density at radius 1 is 1.55 bits per heavy atom. The summed E-state index contributed by atoms with van der Waals surface area (Å²) in [5.41, 5.74) is 0.703. The molecular formula is C14H19N3O3. The molecule has 1 atom stereocenters. The molecule has 6 heteroatoms. The van der Waals surface area contributed by atoms with Crippen molar-refractivity contribution in [2.75, 3.05) is 7.05 Å². The van der Waals surface area contributed by atoms with Crippen LogP contribution >= 0.6 is 0 Å². The van der Waals surface area contributed by atoms with E-state index in [1.165, 1.54) is 31.2 Å². The summed E-state index contributed by atoms with van der Waals surface area (Å²) in [4.78, 5) is 28.6. The van der Waals surface area contributed by atoms with Crippen LogP contribution in [0.3, 0.4) is 0 Å². The number of carbonyl (C=O) groups excluding carboxylic acids is 1. The maximum atomic E-state index is 12.0. The summed E-state index contributed by atoms with van der Waals surface area (Å²) in [6.07, 6.45) is 3.80. The van der Waals surface area contributed by atoms with Crippen molar-refractivity contribution in [1.29, 1.82) is 0 Å². The second-order valence-corrected chi connectivity index (χ2v) is 5.19. The van der Waals surface area contributed by atoms with E-state index in [0.29, 0.717) is 11.6 Å². The minimum absolute atomic E-state index is 0.160. The topological polar surface area (TPSA) is 82.5 Å². The fourth-order valence-corrected chi connectivity index (χ4v) is 2.08. The van der Waals surface area contributed by atoms with Crippen LogP contribution in [0.5, 0.6) is 0 Å². The van der Waals surface area contributed by atoms with Gasteiger partial charge in [-0.15, -0.1) is 0 Å². The lowest BCUT2D eigenvalue weighted by Gasteiger charge is -2.25. The smallest absolute Gasteiger partial charge is 0.335 e. The molecule has 1 aromatic heterocycles. The normalized spacial score (nSPS) is 15.5. The summed E-state index contributed by atoms with van der Waals surface area (Å²) in [6.45, 7) is 2.27. The number of hydrogen-bond acceptors (Lipinski definition) is 3. The highest BCUT2D eigenvalue weighted by Crippen LogP contribution is 2.34. The van der Waals surface area contributed by atoms with E-state index in [-0.39, 0.29) is 24.2 Å². The number of carbonyl (C=O) groups is 2. The number of carboxylic acids is 1. The SMILES string of the molecule is CC(C1CC1)N(C)C(=O)NCc1cc(C(=O)O)ccn1. The van der Waals surface area contributed by atoms with Gasteiger partial charge in [-0.05, 0) is 37.8 Å². The van der Waals surface area contributed by atoms with E-state index < -0.39 is 5.97 Å². The second-order valence-electron chi connectivity index (χ2n) is 5.19. The summed E-state index contributed by atoms with van der Waals surface area (Å²) >= 11 is 0. The highest BCUT2D eigenvalue weighted by molar-refractivity contribution is 5.87. The summed E-state index contributed by atoms with van der Waals surface area (Å²) in [5, 5.41) is 11.7. The number of nitrogens with zero attached hydrogens (tertiary/aromatic N) is 2. The number of hydrogen-bond donors (Lipinski definition) is 2. The Hall–Kier alpha value is -2.11. The maximum absolute atomic E-state index is 12.0. The first kappa shape index (κ1) is 14.3. The largest absolute Gasteiger partial charge is 0.478 e. The van der Waals surface area contributed by atoms with E-state index in [2.05, 4.69) is 10.3 Å². The van der Waals surface area contributed by atoms with Gasteiger partial charge in [-0.1, -0.05) is 0 Å². The van der Waals surface area contributed by atoms with Gasteiger partial charge in [0.15, 0.2) is 0 Å². The van der Waals surface area contributed by atoms with Crippen molar-refractivity contribution in [2.24, 2.45) is 5.92 Å². The molecule has 0 aliphatic heterocycles. The number of nitrogens with one attached hydrogen (secondary N) is 1. The monoisotopic (exact) mass is 277 g/mol. The van der Waals surface area contributed by atoms with Crippen molar-refractivity contribution in [3.8, 4) is 0 Å². The van der Waals surface area contributed by atoms with Crippen molar-refractivity contribution in [3.63, 3.8) is 0 Å². The molecule has 2 amide bonds. The van der Waals surface area contributed by atoms with Crippen LogP contribution in [0.15, 0.2) is 18.3 Å². The summed E-state index contributed by atoms with van der Waals surface area (Å²) in [6, 6.07) is 2.96. The molecule has 1 saturated carbocycles. The highest BCUT2D eigenvalue weighted by atomic mass is 16.4. The minimum Gasteiger partial charge on any atom is -0.478 e. The molecule has 2 rings (SSSR count). The van der Waals surface area contributed by atoms with Crippen LogP contribution in [0.2, 0.25) is 0 Å². The van der Waals surface area contributed by atoms with Gasteiger partial charge in [0.1, 0.15) is 0 Å². The van der Waals surface area contributed by atoms with Crippen molar-refractivity contribution in [2.45, 2.75) is 32.4 Å². The number of pyridine rings is 1. The van der Waals surface area contributed by atoms with Gasteiger partial charge in [0.05, 0.1) is 17.8 Å². The molecule has 0 saturated heterocycles. The average Bonchev–Trinajstić information content (AvgIpc) is 3.28. The molecule has 0 spiro atoms. The Morgan fingerprint density at radius 3 is 2.85 bits per heavy atom. The molecule has 6 nitrogen and oxygen atoms in total. The zero-order valence-corrected chi connectivity index (χ0v) is 11.7. The molecule has 1 unspecified atom stereocenters. The fourth-order valence-electron chi connectivity index (χ4n) is 2.08. The first-order valence-corrected chi connectivity index (χ1v) is 6.68. The standard InChI is InChI=1S/C14H19N3O3/c1-9(10-3-4-10)17(2)14(20)16-8-12-7-11(13(18)19)5-6-15-12/h5-7,9-10H,3-4,8H2,1-2H3,(H,16,20)(H,18,19). The third-order valence-electron chi connectivity index (χ3n) is 3.72. The Balaban J connectivity index is 1.89. The van der Waals surface area contributed by atoms with Gasteiger partial charge in [-0.25, -0.2) is 9.59 Å². The number of urea groups is 1. The van der Waals surface area contributed by atoms with Crippen LogP contribution in [0.4, 0.5) is 4.79 Å². The maximum Gasteiger partial charge on any atom is 0.335 e. The Morgan fingerprint density at radius 2 is 2.25 bits per heavy atom. The highest BCUT2D eigenvalue weighted by Gasteiger charge is 2.32. The van der Waals surface area contributed by atoms with Crippen LogP contribution < -0.4 is 5.32 Å². The van der Waals surface area contributed by atoms with Crippen molar-refractivity contribution in [1.82, 2.24) is 15.2 Å². The van der Waals surface area contributed by atoms with Crippen LogP contribution in [-0.4, -0.2) is 40.1 Å². The minimum atomic E-state index is -1.00. The molecule has 2 N–H and O–H groups in total. The lowest BCUT2D eigenvalue weighted by molar-refractivity contribution is 0.0696.